The quantitative estimate of drug-likeness (QED) is 0.562. The molecule has 0 radical (unpaired) electrons. The SMILES string of the molecule is N#CC(=CNc1cc(C(=O)NC2CC2)ccc1-n1ccnc1)c1nn[nH]n1. The largest absolute Gasteiger partial charge is 0.359 e. The van der Waals surface area contributed by atoms with Crippen LogP contribution in [0.15, 0.2) is 43.1 Å². The Balaban J connectivity index is 1.67. The van der Waals surface area contributed by atoms with Gasteiger partial charge in [0.05, 0.1) is 17.7 Å². The van der Waals surface area contributed by atoms with Gasteiger partial charge in [-0.1, -0.05) is 0 Å². The molecule has 27 heavy (non-hydrogen) atoms. The Bertz CT molecular complexity index is 1010. The highest BCUT2D eigenvalue weighted by molar-refractivity contribution is 5.96. The summed E-state index contributed by atoms with van der Waals surface area (Å²) in [6.07, 6.45) is 8.61. The van der Waals surface area contributed by atoms with Gasteiger partial charge in [0.1, 0.15) is 11.6 Å². The molecule has 0 bridgehead atoms. The lowest BCUT2D eigenvalue weighted by Gasteiger charge is -2.12. The van der Waals surface area contributed by atoms with Crippen LogP contribution in [0.1, 0.15) is 29.0 Å². The Hall–Kier alpha value is -4.00. The molecular formula is C17H15N9O. The van der Waals surface area contributed by atoms with E-state index in [0.717, 1.165) is 18.5 Å². The molecule has 10 heteroatoms. The van der Waals surface area contributed by atoms with Crippen LogP contribution in [0.2, 0.25) is 0 Å². The van der Waals surface area contributed by atoms with Gasteiger partial charge in [0.2, 0.25) is 5.82 Å². The normalized spacial score (nSPS) is 13.8. The van der Waals surface area contributed by atoms with Crippen LogP contribution in [0.3, 0.4) is 0 Å². The molecule has 3 aromatic rings. The predicted molar refractivity (Wildman–Crippen MR) is 95.4 cm³/mol. The van der Waals surface area contributed by atoms with Crippen molar-refractivity contribution < 1.29 is 4.79 Å². The van der Waals surface area contributed by atoms with Gasteiger partial charge < -0.3 is 15.2 Å². The van der Waals surface area contributed by atoms with Gasteiger partial charge in [-0.3, -0.25) is 4.79 Å². The van der Waals surface area contributed by atoms with Crippen LogP contribution >= 0.6 is 0 Å². The third-order valence-electron chi connectivity index (χ3n) is 4.03. The van der Waals surface area contributed by atoms with E-state index < -0.39 is 0 Å². The number of aromatic nitrogens is 6. The van der Waals surface area contributed by atoms with E-state index >= 15 is 0 Å². The maximum atomic E-state index is 12.4. The number of carbonyl (C=O) groups is 1. The number of tetrazole rings is 1. The molecule has 0 atom stereocenters. The van der Waals surface area contributed by atoms with Crippen LogP contribution in [0.5, 0.6) is 0 Å². The minimum absolute atomic E-state index is 0.125. The summed E-state index contributed by atoms with van der Waals surface area (Å²) in [6, 6.07) is 7.59. The summed E-state index contributed by atoms with van der Waals surface area (Å²) < 4.78 is 1.80. The molecule has 10 nitrogen and oxygen atoms in total. The standard InChI is InChI=1S/C17H15N9O/c18-8-12(16-22-24-25-23-16)9-20-14-7-11(17(27)21-13-2-3-13)1-4-15(14)26-6-5-19-10-26/h1,4-7,9-10,13,20H,2-3H2,(H,21,27)(H,22,23,24,25). The van der Waals surface area contributed by atoms with Gasteiger partial charge in [0, 0.05) is 30.2 Å². The number of aromatic amines is 1. The van der Waals surface area contributed by atoms with Crippen molar-refractivity contribution in [3.8, 4) is 11.8 Å². The molecule has 0 spiro atoms. The molecule has 1 fully saturated rings. The molecule has 0 unspecified atom stereocenters. The number of hydrogen-bond acceptors (Lipinski definition) is 7. The number of benzene rings is 1. The first-order valence-electron chi connectivity index (χ1n) is 8.28. The fourth-order valence-corrected chi connectivity index (χ4v) is 2.49. The van der Waals surface area contributed by atoms with E-state index in [4.69, 9.17) is 0 Å². The Morgan fingerprint density at radius 2 is 2.30 bits per heavy atom. The van der Waals surface area contributed by atoms with Crippen molar-refractivity contribution in [2.45, 2.75) is 18.9 Å². The van der Waals surface area contributed by atoms with Gasteiger partial charge in [-0.15, -0.1) is 10.2 Å². The molecule has 0 aliphatic heterocycles. The summed E-state index contributed by atoms with van der Waals surface area (Å²) in [5.74, 6) is 0.0530. The van der Waals surface area contributed by atoms with E-state index in [2.05, 4.69) is 36.2 Å². The summed E-state index contributed by atoms with van der Waals surface area (Å²) in [5, 5.41) is 28.7. The van der Waals surface area contributed by atoms with Crippen LogP contribution in [-0.2, 0) is 0 Å². The number of nitrogens with zero attached hydrogens (tertiary/aromatic N) is 6. The molecule has 134 valence electrons. The molecule has 1 aliphatic rings. The fourth-order valence-electron chi connectivity index (χ4n) is 2.49. The van der Waals surface area contributed by atoms with Crippen molar-refractivity contribution in [2.75, 3.05) is 5.32 Å². The lowest BCUT2D eigenvalue weighted by Crippen LogP contribution is -2.25. The van der Waals surface area contributed by atoms with Crippen LogP contribution in [0.25, 0.3) is 11.3 Å². The van der Waals surface area contributed by atoms with E-state index in [9.17, 15) is 10.1 Å². The molecule has 1 saturated carbocycles. The van der Waals surface area contributed by atoms with Crippen molar-refractivity contribution in [3.63, 3.8) is 0 Å². The van der Waals surface area contributed by atoms with Crippen molar-refractivity contribution in [1.82, 2.24) is 35.5 Å². The summed E-state index contributed by atoms with van der Waals surface area (Å²) in [5.41, 5.74) is 2.14. The van der Waals surface area contributed by atoms with Gasteiger partial charge in [-0.05, 0) is 36.3 Å². The lowest BCUT2D eigenvalue weighted by molar-refractivity contribution is 0.0951. The zero-order valence-electron chi connectivity index (χ0n) is 14.1. The summed E-state index contributed by atoms with van der Waals surface area (Å²) in [7, 11) is 0. The first-order valence-corrected chi connectivity index (χ1v) is 8.28. The Labute approximate surface area is 153 Å². The number of carbonyl (C=O) groups excluding carboxylic acids is 1. The highest BCUT2D eigenvalue weighted by Gasteiger charge is 2.24. The van der Waals surface area contributed by atoms with E-state index in [1.165, 1.54) is 6.20 Å². The topological polar surface area (TPSA) is 137 Å². The summed E-state index contributed by atoms with van der Waals surface area (Å²) >= 11 is 0. The zero-order valence-corrected chi connectivity index (χ0v) is 14.1. The number of nitrogens with one attached hydrogen (secondary N) is 3. The monoisotopic (exact) mass is 361 g/mol. The second-order valence-electron chi connectivity index (χ2n) is 6.00. The summed E-state index contributed by atoms with van der Waals surface area (Å²) in [4.78, 5) is 16.4. The predicted octanol–water partition coefficient (Wildman–Crippen LogP) is 1.25. The third kappa shape index (κ3) is 3.67. The maximum Gasteiger partial charge on any atom is 0.251 e. The maximum absolute atomic E-state index is 12.4. The minimum atomic E-state index is -0.125. The van der Waals surface area contributed by atoms with Crippen molar-refractivity contribution in [1.29, 1.82) is 5.26 Å². The van der Waals surface area contributed by atoms with E-state index in [1.807, 2.05) is 12.1 Å². The molecule has 3 N–H and O–H groups in total. The van der Waals surface area contributed by atoms with Crippen LogP contribution in [0.4, 0.5) is 5.69 Å². The molecule has 1 aromatic carbocycles. The first kappa shape index (κ1) is 16.5. The number of hydrogen-bond donors (Lipinski definition) is 3. The number of amides is 1. The minimum Gasteiger partial charge on any atom is -0.359 e. The van der Waals surface area contributed by atoms with Gasteiger partial charge in [-0.25, -0.2) is 4.98 Å². The van der Waals surface area contributed by atoms with E-state index in [1.54, 1.807) is 35.4 Å². The fraction of sp³-hybridized carbons (Fsp3) is 0.176. The number of H-pyrrole nitrogens is 1. The molecule has 2 heterocycles. The van der Waals surface area contributed by atoms with Crippen molar-refractivity contribution >= 4 is 17.2 Å². The molecule has 4 rings (SSSR count). The average molecular weight is 361 g/mol. The number of anilines is 1. The van der Waals surface area contributed by atoms with Gasteiger partial charge >= 0.3 is 0 Å². The Morgan fingerprint density at radius 1 is 1.41 bits per heavy atom. The van der Waals surface area contributed by atoms with Crippen LogP contribution in [0, 0.1) is 11.3 Å². The molecular weight excluding hydrogens is 346 g/mol. The number of rotatable bonds is 6. The van der Waals surface area contributed by atoms with E-state index in [-0.39, 0.29) is 23.3 Å². The van der Waals surface area contributed by atoms with Crippen LogP contribution in [-0.4, -0.2) is 42.1 Å². The highest BCUT2D eigenvalue weighted by Crippen LogP contribution is 2.24. The number of nitriles is 1. The highest BCUT2D eigenvalue weighted by atomic mass is 16.1. The van der Waals surface area contributed by atoms with Crippen molar-refractivity contribution in [3.05, 3.63) is 54.5 Å². The van der Waals surface area contributed by atoms with Gasteiger partial charge in [0.15, 0.2) is 0 Å². The van der Waals surface area contributed by atoms with Gasteiger partial charge in [-0.2, -0.15) is 10.5 Å². The molecule has 0 saturated heterocycles. The Morgan fingerprint density at radius 3 is 2.96 bits per heavy atom. The smallest absolute Gasteiger partial charge is 0.251 e. The van der Waals surface area contributed by atoms with Crippen LogP contribution < -0.4 is 10.6 Å². The third-order valence-corrected chi connectivity index (χ3v) is 4.03. The Kier molecular flexibility index (Phi) is 4.32. The average Bonchev–Trinajstić information content (AvgIpc) is 3.15. The first-order chi connectivity index (χ1) is 13.2. The molecule has 1 aliphatic carbocycles. The number of allylic oxidation sites excluding steroid dienone is 1. The second kappa shape index (κ2) is 7.09. The second-order valence-corrected chi connectivity index (χ2v) is 6.00. The zero-order chi connectivity index (χ0) is 18.6. The van der Waals surface area contributed by atoms with Gasteiger partial charge in [0.25, 0.3) is 5.91 Å². The summed E-state index contributed by atoms with van der Waals surface area (Å²) in [6.45, 7) is 0. The van der Waals surface area contributed by atoms with Crippen molar-refractivity contribution in [2.24, 2.45) is 0 Å². The molecule has 1 amide bonds. The lowest BCUT2D eigenvalue weighted by atomic mass is 10.1. The van der Waals surface area contributed by atoms with E-state index in [0.29, 0.717) is 11.3 Å². The molecule has 2 aromatic heterocycles. The number of imidazole rings is 1.